The van der Waals surface area contributed by atoms with Crippen LogP contribution in [0.2, 0.25) is 0 Å². The van der Waals surface area contributed by atoms with E-state index in [1.807, 2.05) is 38.1 Å². The van der Waals surface area contributed by atoms with Crippen molar-refractivity contribution >= 4 is 21.8 Å². The summed E-state index contributed by atoms with van der Waals surface area (Å²) in [5.41, 5.74) is 1.75. The van der Waals surface area contributed by atoms with Gasteiger partial charge in [-0.25, -0.2) is 4.39 Å². The number of rotatable bonds is 6. The van der Waals surface area contributed by atoms with Crippen LogP contribution in [0.25, 0.3) is 21.8 Å². The maximum atomic E-state index is 14.3. The molecule has 0 spiro atoms. The Morgan fingerprint density at radius 3 is 2.74 bits per heavy atom. The first-order valence-corrected chi connectivity index (χ1v) is 7.79. The van der Waals surface area contributed by atoms with E-state index in [4.69, 9.17) is 4.74 Å². The molecule has 0 aliphatic heterocycles. The number of fused-ring (bicyclic) bond motifs is 3. The van der Waals surface area contributed by atoms with Crippen molar-refractivity contribution in [2.24, 2.45) is 0 Å². The van der Waals surface area contributed by atoms with Crippen molar-refractivity contribution in [3.63, 3.8) is 0 Å². The van der Waals surface area contributed by atoms with E-state index in [0.717, 1.165) is 16.4 Å². The highest BCUT2D eigenvalue weighted by Gasteiger charge is 2.16. The number of hydrogen-bond donors (Lipinski definition) is 3. The summed E-state index contributed by atoms with van der Waals surface area (Å²) in [6, 6.07) is 11.1. The van der Waals surface area contributed by atoms with Gasteiger partial charge in [0, 0.05) is 23.5 Å². The predicted molar refractivity (Wildman–Crippen MR) is 90.4 cm³/mol. The third-order valence-corrected chi connectivity index (χ3v) is 3.76. The predicted octanol–water partition coefficient (Wildman–Crippen LogP) is 3.20. The molecule has 3 N–H and O–H groups in total. The van der Waals surface area contributed by atoms with Gasteiger partial charge < -0.3 is 20.1 Å². The van der Waals surface area contributed by atoms with E-state index in [1.54, 1.807) is 6.07 Å². The number of aliphatic hydroxyl groups excluding tert-OH is 1. The van der Waals surface area contributed by atoms with Crippen LogP contribution in [-0.2, 0) is 0 Å². The molecule has 0 amide bonds. The molecule has 0 saturated heterocycles. The van der Waals surface area contributed by atoms with Crippen LogP contribution in [0.5, 0.6) is 5.75 Å². The number of nitrogens with one attached hydrogen (secondary N) is 2. The monoisotopic (exact) mass is 316 g/mol. The fourth-order valence-electron chi connectivity index (χ4n) is 2.64. The quantitative estimate of drug-likeness (QED) is 0.654. The molecule has 0 bridgehead atoms. The molecule has 1 atom stereocenters. The van der Waals surface area contributed by atoms with E-state index in [0.29, 0.717) is 11.9 Å². The molecule has 0 fully saturated rings. The largest absolute Gasteiger partial charge is 0.487 e. The van der Waals surface area contributed by atoms with E-state index in [2.05, 4.69) is 10.3 Å². The maximum Gasteiger partial charge on any atom is 0.165 e. The molecule has 4 nitrogen and oxygen atoms in total. The van der Waals surface area contributed by atoms with E-state index in [-0.39, 0.29) is 18.4 Å². The summed E-state index contributed by atoms with van der Waals surface area (Å²) in [6.45, 7) is 4.44. The van der Waals surface area contributed by atoms with Crippen LogP contribution in [0.15, 0.2) is 36.4 Å². The summed E-state index contributed by atoms with van der Waals surface area (Å²) >= 11 is 0. The highest BCUT2D eigenvalue weighted by Crippen LogP contribution is 2.35. The molecule has 0 radical (unpaired) electrons. The van der Waals surface area contributed by atoms with Crippen molar-refractivity contribution in [2.45, 2.75) is 26.0 Å². The molecule has 2 aromatic carbocycles. The normalized spacial score (nSPS) is 13.1. The molecule has 0 aliphatic rings. The second kappa shape index (κ2) is 6.56. The molecule has 1 heterocycles. The fourth-order valence-corrected chi connectivity index (χ4v) is 2.64. The van der Waals surface area contributed by atoms with Gasteiger partial charge >= 0.3 is 0 Å². The van der Waals surface area contributed by atoms with Gasteiger partial charge in [-0.1, -0.05) is 32.0 Å². The first kappa shape index (κ1) is 15.8. The zero-order valence-corrected chi connectivity index (χ0v) is 13.3. The van der Waals surface area contributed by atoms with Crippen molar-refractivity contribution in [2.75, 3.05) is 13.2 Å². The number of halogens is 1. The minimum atomic E-state index is -0.697. The van der Waals surface area contributed by atoms with Crippen LogP contribution < -0.4 is 10.1 Å². The lowest BCUT2D eigenvalue weighted by Crippen LogP contribution is -2.35. The van der Waals surface area contributed by atoms with Crippen LogP contribution in [0, 0.1) is 5.82 Å². The number of H-pyrrole nitrogens is 1. The highest BCUT2D eigenvalue weighted by molar-refractivity contribution is 6.10. The number of benzene rings is 2. The van der Waals surface area contributed by atoms with Crippen LogP contribution in [0.4, 0.5) is 4.39 Å². The number of aliphatic hydroxyl groups is 1. The average Bonchev–Trinajstić information content (AvgIpc) is 2.91. The molecule has 5 heteroatoms. The molecule has 3 rings (SSSR count). The van der Waals surface area contributed by atoms with Crippen molar-refractivity contribution in [1.82, 2.24) is 10.3 Å². The number of hydrogen-bond acceptors (Lipinski definition) is 3. The van der Waals surface area contributed by atoms with Crippen LogP contribution in [0.3, 0.4) is 0 Å². The van der Waals surface area contributed by atoms with Crippen LogP contribution in [-0.4, -0.2) is 35.4 Å². The lowest BCUT2D eigenvalue weighted by molar-refractivity contribution is 0.103. The second-order valence-electron chi connectivity index (χ2n) is 6.00. The zero-order valence-electron chi connectivity index (χ0n) is 13.3. The van der Waals surface area contributed by atoms with Gasteiger partial charge in [0.15, 0.2) is 11.6 Å². The number of aromatic nitrogens is 1. The Bertz CT molecular complexity index is 813. The van der Waals surface area contributed by atoms with E-state index in [9.17, 15) is 9.50 Å². The SMILES string of the molecule is CC(C)NC[C@@H](O)COc1c(F)ccc2[nH]c3ccccc3c12. The fraction of sp³-hybridized carbons (Fsp3) is 0.333. The Morgan fingerprint density at radius 2 is 1.96 bits per heavy atom. The van der Waals surface area contributed by atoms with Crippen molar-refractivity contribution in [3.05, 3.63) is 42.2 Å². The van der Waals surface area contributed by atoms with Crippen molar-refractivity contribution in [3.8, 4) is 5.75 Å². The summed E-state index contributed by atoms with van der Waals surface area (Å²) in [5, 5.41) is 14.7. The van der Waals surface area contributed by atoms with Crippen molar-refractivity contribution < 1.29 is 14.2 Å². The molecule has 0 saturated carbocycles. The molecule has 0 aliphatic carbocycles. The lowest BCUT2D eigenvalue weighted by Gasteiger charge is -2.16. The minimum Gasteiger partial charge on any atom is -0.487 e. The lowest BCUT2D eigenvalue weighted by atomic mass is 10.1. The number of para-hydroxylation sites is 1. The topological polar surface area (TPSA) is 57.3 Å². The third-order valence-electron chi connectivity index (χ3n) is 3.76. The van der Waals surface area contributed by atoms with Gasteiger partial charge in [-0.15, -0.1) is 0 Å². The molecule has 0 unspecified atom stereocenters. The summed E-state index contributed by atoms with van der Waals surface area (Å²) in [7, 11) is 0. The standard InChI is InChI=1S/C18H21FN2O2/c1-11(2)20-9-12(22)10-23-18-14(19)7-8-16-17(18)13-5-3-4-6-15(13)21-16/h3-8,11-12,20-22H,9-10H2,1-2H3/t12-/m1/s1. The van der Waals surface area contributed by atoms with E-state index >= 15 is 0 Å². The Balaban J connectivity index is 1.89. The Labute approximate surface area is 134 Å². The molecule has 1 aromatic heterocycles. The maximum absolute atomic E-state index is 14.3. The first-order chi connectivity index (χ1) is 11.1. The molecular formula is C18H21FN2O2. The van der Waals surface area contributed by atoms with Gasteiger partial charge in [-0.2, -0.15) is 0 Å². The smallest absolute Gasteiger partial charge is 0.165 e. The van der Waals surface area contributed by atoms with E-state index < -0.39 is 11.9 Å². The van der Waals surface area contributed by atoms with Crippen LogP contribution >= 0.6 is 0 Å². The number of aromatic amines is 1. The highest BCUT2D eigenvalue weighted by atomic mass is 19.1. The minimum absolute atomic E-state index is 0.0370. The second-order valence-corrected chi connectivity index (χ2v) is 6.00. The summed E-state index contributed by atoms with van der Waals surface area (Å²) in [5.74, 6) is -0.241. The van der Waals surface area contributed by atoms with Gasteiger partial charge in [0.2, 0.25) is 0 Å². The molecule has 3 aromatic rings. The average molecular weight is 316 g/mol. The van der Waals surface area contributed by atoms with Gasteiger partial charge in [0.05, 0.1) is 10.9 Å². The Hall–Kier alpha value is -2.11. The summed E-state index contributed by atoms with van der Waals surface area (Å²) in [6.07, 6.45) is -0.697. The molecule has 23 heavy (non-hydrogen) atoms. The van der Waals surface area contributed by atoms with Gasteiger partial charge in [0.25, 0.3) is 0 Å². The summed E-state index contributed by atoms with van der Waals surface area (Å²) < 4.78 is 19.9. The number of ether oxygens (including phenoxy) is 1. The van der Waals surface area contributed by atoms with E-state index in [1.165, 1.54) is 6.07 Å². The van der Waals surface area contributed by atoms with Gasteiger partial charge in [0.1, 0.15) is 12.7 Å². The van der Waals surface area contributed by atoms with Gasteiger partial charge in [-0.05, 0) is 18.2 Å². The first-order valence-electron chi connectivity index (χ1n) is 7.79. The third kappa shape index (κ3) is 3.30. The molecular weight excluding hydrogens is 295 g/mol. The Kier molecular flexibility index (Phi) is 4.50. The zero-order chi connectivity index (χ0) is 16.4. The molecule has 122 valence electrons. The van der Waals surface area contributed by atoms with Gasteiger partial charge in [-0.3, -0.25) is 0 Å². The van der Waals surface area contributed by atoms with Crippen molar-refractivity contribution in [1.29, 1.82) is 0 Å². The van der Waals surface area contributed by atoms with Crippen LogP contribution in [0.1, 0.15) is 13.8 Å². The Morgan fingerprint density at radius 1 is 1.17 bits per heavy atom. The summed E-state index contributed by atoms with van der Waals surface area (Å²) in [4.78, 5) is 3.25.